The molecule has 112 valence electrons. The minimum atomic E-state index is -0.0830. The largest absolute Gasteiger partial charge is 0.352 e. The number of nitrogens with one attached hydrogen (secondary N) is 1. The zero-order valence-corrected chi connectivity index (χ0v) is 13.6. The van der Waals surface area contributed by atoms with Crippen molar-refractivity contribution in [2.45, 2.75) is 19.3 Å². The van der Waals surface area contributed by atoms with Gasteiger partial charge in [0.05, 0.1) is 11.1 Å². The Morgan fingerprint density at radius 1 is 1.29 bits per heavy atom. The van der Waals surface area contributed by atoms with Crippen molar-refractivity contribution in [3.63, 3.8) is 0 Å². The first kappa shape index (κ1) is 16.1. The molecule has 1 heterocycles. The molecule has 0 atom stereocenters. The average Bonchev–Trinajstić information content (AvgIpc) is 2.49. The number of hydrogen-bond acceptors (Lipinski definition) is 3. The molecule has 1 aromatic heterocycles. The first-order chi connectivity index (χ1) is 10.2. The molecule has 1 amide bonds. The number of carbonyl (C=O) groups excluding carboxylic acids is 1. The molecule has 0 spiro atoms. The van der Waals surface area contributed by atoms with Crippen LogP contribution in [0.5, 0.6) is 0 Å². The summed E-state index contributed by atoms with van der Waals surface area (Å²) in [5.41, 5.74) is 1.34. The van der Waals surface area contributed by atoms with E-state index in [1.54, 1.807) is 6.07 Å². The van der Waals surface area contributed by atoms with Crippen LogP contribution < -0.4 is 5.32 Å². The summed E-state index contributed by atoms with van der Waals surface area (Å²) < 4.78 is 0. The number of nitrogens with zero attached hydrogens (tertiary/aromatic N) is 1. The van der Waals surface area contributed by atoms with E-state index in [0.717, 1.165) is 23.7 Å². The standard InChI is InChI=1S/C16H19ClN2OS/c1-21-10-6-2-5-9-18-16(20)13-11-15(17)19-14-8-4-3-7-12(13)14/h3-4,7-8,11H,2,5-6,9-10H2,1H3,(H,18,20). The van der Waals surface area contributed by atoms with E-state index in [2.05, 4.69) is 16.6 Å². The summed E-state index contributed by atoms with van der Waals surface area (Å²) in [6.45, 7) is 0.696. The number of carbonyl (C=O) groups is 1. The lowest BCUT2D eigenvalue weighted by molar-refractivity contribution is 0.0954. The lowest BCUT2D eigenvalue weighted by Gasteiger charge is -2.08. The minimum Gasteiger partial charge on any atom is -0.352 e. The van der Waals surface area contributed by atoms with Gasteiger partial charge in [-0.2, -0.15) is 11.8 Å². The van der Waals surface area contributed by atoms with E-state index in [4.69, 9.17) is 11.6 Å². The van der Waals surface area contributed by atoms with Crippen molar-refractivity contribution in [3.8, 4) is 0 Å². The lowest BCUT2D eigenvalue weighted by atomic mass is 10.1. The first-order valence-corrected chi connectivity index (χ1v) is 8.82. The molecule has 1 N–H and O–H groups in total. The number of benzene rings is 1. The second-order valence-electron chi connectivity index (χ2n) is 4.82. The number of thioether (sulfide) groups is 1. The highest BCUT2D eigenvalue weighted by Crippen LogP contribution is 2.20. The maximum absolute atomic E-state index is 12.3. The zero-order chi connectivity index (χ0) is 15.1. The van der Waals surface area contributed by atoms with Gasteiger partial charge in [0.25, 0.3) is 5.91 Å². The summed E-state index contributed by atoms with van der Waals surface area (Å²) in [5.74, 6) is 1.10. The number of amides is 1. The number of para-hydroxylation sites is 1. The number of hydrogen-bond donors (Lipinski definition) is 1. The maximum Gasteiger partial charge on any atom is 0.252 e. The third-order valence-electron chi connectivity index (χ3n) is 3.24. The monoisotopic (exact) mass is 322 g/mol. The van der Waals surface area contributed by atoms with E-state index in [9.17, 15) is 4.79 Å². The second-order valence-corrected chi connectivity index (χ2v) is 6.19. The van der Waals surface area contributed by atoms with Crippen molar-refractivity contribution in [2.24, 2.45) is 0 Å². The average molecular weight is 323 g/mol. The highest BCUT2D eigenvalue weighted by molar-refractivity contribution is 7.98. The molecule has 0 unspecified atom stereocenters. The predicted octanol–water partition coefficient (Wildman–Crippen LogP) is 4.15. The van der Waals surface area contributed by atoms with Gasteiger partial charge in [-0.15, -0.1) is 0 Å². The van der Waals surface area contributed by atoms with Crippen LogP contribution in [-0.2, 0) is 0 Å². The Bertz CT molecular complexity index is 618. The smallest absolute Gasteiger partial charge is 0.252 e. The molecular formula is C16H19ClN2OS. The lowest BCUT2D eigenvalue weighted by Crippen LogP contribution is -2.24. The fourth-order valence-electron chi connectivity index (χ4n) is 2.18. The van der Waals surface area contributed by atoms with Gasteiger partial charge in [0, 0.05) is 11.9 Å². The topological polar surface area (TPSA) is 42.0 Å². The molecule has 0 saturated heterocycles. The van der Waals surface area contributed by atoms with Gasteiger partial charge in [-0.25, -0.2) is 4.98 Å². The van der Waals surface area contributed by atoms with Crippen molar-refractivity contribution in [1.82, 2.24) is 10.3 Å². The Morgan fingerprint density at radius 3 is 2.90 bits per heavy atom. The molecule has 0 aliphatic heterocycles. The summed E-state index contributed by atoms with van der Waals surface area (Å²) in [5, 5.41) is 4.14. The van der Waals surface area contributed by atoms with Crippen LogP contribution in [0, 0.1) is 0 Å². The summed E-state index contributed by atoms with van der Waals surface area (Å²) in [6, 6.07) is 9.18. The van der Waals surface area contributed by atoms with Crippen LogP contribution in [0.4, 0.5) is 0 Å². The van der Waals surface area contributed by atoms with Crippen LogP contribution in [0.2, 0.25) is 5.15 Å². The molecule has 2 aromatic rings. The van der Waals surface area contributed by atoms with Crippen LogP contribution in [-0.4, -0.2) is 29.4 Å². The van der Waals surface area contributed by atoms with Gasteiger partial charge < -0.3 is 5.32 Å². The third kappa shape index (κ3) is 4.61. The van der Waals surface area contributed by atoms with Crippen LogP contribution in [0.25, 0.3) is 10.9 Å². The quantitative estimate of drug-likeness (QED) is 0.615. The van der Waals surface area contributed by atoms with Crippen molar-refractivity contribution >= 4 is 40.2 Å². The SMILES string of the molecule is CSCCCCCNC(=O)c1cc(Cl)nc2ccccc12. The second kappa shape index (κ2) is 8.25. The fourth-order valence-corrected chi connectivity index (χ4v) is 2.87. The summed E-state index contributed by atoms with van der Waals surface area (Å²) >= 11 is 7.85. The van der Waals surface area contributed by atoms with Crippen LogP contribution in [0.1, 0.15) is 29.6 Å². The van der Waals surface area contributed by atoms with Gasteiger partial charge in [0.2, 0.25) is 0 Å². The molecule has 0 fully saturated rings. The Labute approximate surface area is 134 Å². The Balaban J connectivity index is 1.99. The van der Waals surface area contributed by atoms with Crippen molar-refractivity contribution < 1.29 is 4.79 Å². The molecule has 0 saturated carbocycles. The Kier molecular flexibility index (Phi) is 6.33. The van der Waals surface area contributed by atoms with Crippen molar-refractivity contribution in [1.29, 1.82) is 0 Å². The maximum atomic E-state index is 12.3. The van der Waals surface area contributed by atoms with Gasteiger partial charge in [-0.05, 0) is 37.0 Å². The highest BCUT2D eigenvalue weighted by Gasteiger charge is 2.11. The van der Waals surface area contributed by atoms with Gasteiger partial charge >= 0.3 is 0 Å². The predicted molar refractivity (Wildman–Crippen MR) is 91.3 cm³/mol. The van der Waals surface area contributed by atoms with E-state index < -0.39 is 0 Å². The van der Waals surface area contributed by atoms with Gasteiger partial charge in [0.1, 0.15) is 5.15 Å². The molecular weight excluding hydrogens is 304 g/mol. The van der Waals surface area contributed by atoms with E-state index in [1.807, 2.05) is 36.0 Å². The van der Waals surface area contributed by atoms with E-state index in [0.29, 0.717) is 17.3 Å². The number of rotatable bonds is 7. The molecule has 0 aliphatic rings. The fraction of sp³-hybridized carbons (Fsp3) is 0.375. The molecule has 0 radical (unpaired) electrons. The van der Waals surface area contributed by atoms with Gasteiger partial charge in [0.15, 0.2) is 0 Å². The van der Waals surface area contributed by atoms with Crippen LogP contribution in [0.3, 0.4) is 0 Å². The van der Waals surface area contributed by atoms with E-state index in [1.165, 1.54) is 12.2 Å². The molecule has 2 rings (SSSR count). The van der Waals surface area contributed by atoms with Crippen molar-refractivity contribution in [3.05, 3.63) is 41.0 Å². The molecule has 0 aliphatic carbocycles. The summed E-state index contributed by atoms with van der Waals surface area (Å²) in [7, 11) is 0. The summed E-state index contributed by atoms with van der Waals surface area (Å²) in [4.78, 5) is 16.5. The zero-order valence-electron chi connectivity index (χ0n) is 12.1. The van der Waals surface area contributed by atoms with E-state index in [-0.39, 0.29) is 5.91 Å². The van der Waals surface area contributed by atoms with Gasteiger partial charge in [-0.1, -0.05) is 36.2 Å². The van der Waals surface area contributed by atoms with Crippen LogP contribution in [0.15, 0.2) is 30.3 Å². The Hall–Kier alpha value is -1.26. The molecule has 5 heteroatoms. The van der Waals surface area contributed by atoms with Crippen LogP contribution >= 0.6 is 23.4 Å². The molecule has 3 nitrogen and oxygen atoms in total. The minimum absolute atomic E-state index is 0.0830. The number of pyridine rings is 1. The number of unbranched alkanes of at least 4 members (excludes halogenated alkanes) is 2. The first-order valence-electron chi connectivity index (χ1n) is 7.05. The van der Waals surface area contributed by atoms with Crippen molar-refractivity contribution in [2.75, 3.05) is 18.6 Å². The number of fused-ring (bicyclic) bond motifs is 1. The summed E-state index contributed by atoms with van der Waals surface area (Å²) in [6.07, 6.45) is 5.45. The normalized spacial score (nSPS) is 10.8. The third-order valence-corrected chi connectivity index (χ3v) is 4.13. The number of aromatic nitrogens is 1. The molecule has 0 bridgehead atoms. The van der Waals surface area contributed by atoms with E-state index >= 15 is 0 Å². The Morgan fingerprint density at radius 2 is 2.10 bits per heavy atom. The highest BCUT2D eigenvalue weighted by atomic mass is 35.5. The van der Waals surface area contributed by atoms with Gasteiger partial charge in [-0.3, -0.25) is 4.79 Å². The number of halogens is 1. The molecule has 21 heavy (non-hydrogen) atoms. The molecule has 1 aromatic carbocycles.